The Morgan fingerprint density at radius 2 is 2.00 bits per heavy atom. The van der Waals surface area contributed by atoms with E-state index in [9.17, 15) is 4.79 Å². The van der Waals surface area contributed by atoms with Gasteiger partial charge in [-0.25, -0.2) is 0 Å². The van der Waals surface area contributed by atoms with Crippen LogP contribution in [0.5, 0.6) is 0 Å². The van der Waals surface area contributed by atoms with Gasteiger partial charge in [0, 0.05) is 12.1 Å². The second kappa shape index (κ2) is 8.50. The van der Waals surface area contributed by atoms with Crippen molar-refractivity contribution in [2.24, 2.45) is 17.3 Å². The van der Waals surface area contributed by atoms with Crippen molar-refractivity contribution in [3.05, 3.63) is 29.6 Å². The fourth-order valence-electron chi connectivity index (χ4n) is 3.82. The molecular formula is C18H29Cl2N3O. The first kappa shape index (κ1) is 21.2. The molecule has 3 rings (SSSR count). The third-order valence-corrected chi connectivity index (χ3v) is 5.41. The Morgan fingerprint density at radius 3 is 2.58 bits per heavy atom. The van der Waals surface area contributed by atoms with Gasteiger partial charge in [0.2, 0.25) is 5.91 Å². The molecule has 1 amide bonds. The topological polar surface area (TPSA) is 54.0 Å². The first-order chi connectivity index (χ1) is 10.5. The number of aryl methyl sites for hydroxylation is 1. The molecule has 24 heavy (non-hydrogen) atoms. The van der Waals surface area contributed by atoms with Crippen molar-refractivity contribution in [2.75, 3.05) is 13.1 Å². The highest BCUT2D eigenvalue weighted by Gasteiger charge is 2.57. The number of aromatic nitrogens is 1. The van der Waals surface area contributed by atoms with Crippen molar-refractivity contribution in [1.82, 2.24) is 15.6 Å². The van der Waals surface area contributed by atoms with E-state index in [4.69, 9.17) is 0 Å². The fourth-order valence-corrected chi connectivity index (χ4v) is 3.82. The predicted molar refractivity (Wildman–Crippen MR) is 102 cm³/mol. The van der Waals surface area contributed by atoms with Gasteiger partial charge >= 0.3 is 0 Å². The Labute approximate surface area is 157 Å². The Bertz CT molecular complexity index is 559. The lowest BCUT2D eigenvalue weighted by molar-refractivity contribution is -0.124. The van der Waals surface area contributed by atoms with Gasteiger partial charge < -0.3 is 10.6 Å². The monoisotopic (exact) mass is 373 g/mol. The summed E-state index contributed by atoms with van der Waals surface area (Å²) in [7, 11) is 0. The number of hydrogen-bond acceptors (Lipinski definition) is 3. The molecule has 1 saturated heterocycles. The van der Waals surface area contributed by atoms with E-state index in [1.54, 1.807) is 0 Å². The van der Waals surface area contributed by atoms with Gasteiger partial charge in [-0.2, -0.15) is 0 Å². The number of carbonyl (C=O) groups is 1. The molecule has 1 aliphatic carbocycles. The van der Waals surface area contributed by atoms with Crippen LogP contribution in [0.1, 0.15) is 50.4 Å². The lowest BCUT2D eigenvalue weighted by atomic mass is 9.91. The van der Waals surface area contributed by atoms with Gasteiger partial charge in [0.25, 0.3) is 0 Å². The number of hydrogen-bond donors (Lipinski definition) is 2. The highest BCUT2D eigenvalue weighted by atomic mass is 35.5. The van der Waals surface area contributed by atoms with Gasteiger partial charge in [-0.05, 0) is 62.2 Å². The Kier molecular flexibility index (Phi) is 7.51. The van der Waals surface area contributed by atoms with Crippen molar-refractivity contribution in [3.63, 3.8) is 0 Å². The number of carbonyl (C=O) groups excluding carboxylic acids is 1. The maximum atomic E-state index is 12.7. The molecule has 2 aliphatic rings. The molecule has 2 unspecified atom stereocenters. The zero-order valence-electron chi connectivity index (χ0n) is 14.7. The van der Waals surface area contributed by atoms with E-state index in [0.29, 0.717) is 5.92 Å². The summed E-state index contributed by atoms with van der Waals surface area (Å²) in [5.74, 6) is 0.769. The number of halogens is 2. The second-order valence-corrected chi connectivity index (χ2v) is 7.30. The molecule has 2 fully saturated rings. The lowest BCUT2D eigenvalue weighted by Gasteiger charge is -2.26. The molecule has 1 saturated carbocycles. The van der Waals surface area contributed by atoms with Crippen LogP contribution in [0.25, 0.3) is 0 Å². The van der Waals surface area contributed by atoms with Crippen LogP contribution in [-0.2, 0) is 4.79 Å². The standard InChI is InChI=1S/C18H27N3O.2ClH/c1-12(2)15(16-13(3)5-4-8-20-16)21-17(22)14-11-18(14)6-9-19-10-7-18;;/h4-5,8,12,14-15,19H,6-7,9-11H2,1-3H3,(H,21,22);2*1H. The quantitative estimate of drug-likeness (QED) is 0.849. The van der Waals surface area contributed by atoms with Gasteiger partial charge in [-0.15, -0.1) is 24.8 Å². The molecule has 2 heterocycles. The van der Waals surface area contributed by atoms with Crippen LogP contribution in [0.4, 0.5) is 0 Å². The van der Waals surface area contributed by atoms with Crippen LogP contribution in [0.3, 0.4) is 0 Å². The minimum absolute atomic E-state index is 0. The molecule has 2 atom stereocenters. The van der Waals surface area contributed by atoms with Gasteiger partial charge in [0.1, 0.15) is 0 Å². The molecular weight excluding hydrogens is 345 g/mol. The third-order valence-electron chi connectivity index (χ3n) is 5.41. The van der Waals surface area contributed by atoms with E-state index in [1.165, 1.54) is 0 Å². The number of amides is 1. The number of nitrogens with one attached hydrogen (secondary N) is 2. The summed E-state index contributed by atoms with van der Waals surface area (Å²) in [6.45, 7) is 8.46. The molecule has 1 aromatic heterocycles. The summed E-state index contributed by atoms with van der Waals surface area (Å²) in [5.41, 5.74) is 2.44. The SMILES string of the molecule is Cc1cccnc1C(NC(=O)C1CC12CCNCC2)C(C)C.Cl.Cl. The summed E-state index contributed by atoms with van der Waals surface area (Å²) in [6.07, 6.45) is 5.15. The molecule has 2 N–H and O–H groups in total. The van der Waals surface area contributed by atoms with E-state index in [1.807, 2.05) is 12.3 Å². The van der Waals surface area contributed by atoms with E-state index >= 15 is 0 Å². The van der Waals surface area contributed by atoms with E-state index in [-0.39, 0.29) is 48.1 Å². The number of rotatable bonds is 4. The first-order valence-electron chi connectivity index (χ1n) is 8.46. The Balaban J connectivity index is 0.00000144. The van der Waals surface area contributed by atoms with Gasteiger partial charge in [-0.1, -0.05) is 19.9 Å². The summed E-state index contributed by atoms with van der Waals surface area (Å²) >= 11 is 0. The van der Waals surface area contributed by atoms with Crippen molar-refractivity contribution in [3.8, 4) is 0 Å². The third kappa shape index (κ3) is 4.22. The average Bonchev–Trinajstić information content (AvgIpc) is 3.19. The van der Waals surface area contributed by atoms with Crippen molar-refractivity contribution in [2.45, 2.75) is 46.1 Å². The Morgan fingerprint density at radius 1 is 1.33 bits per heavy atom. The summed E-state index contributed by atoms with van der Waals surface area (Å²) in [6, 6.07) is 4.02. The maximum absolute atomic E-state index is 12.7. The lowest BCUT2D eigenvalue weighted by Crippen LogP contribution is -2.37. The maximum Gasteiger partial charge on any atom is 0.224 e. The van der Waals surface area contributed by atoms with Crippen molar-refractivity contribution < 1.29 is 4.79 Å². The van der Waals surface area contributed by atoms with E-state index in [0.717, 1.165) is 43.6 Å². The molecule has 0 bridgehead atoms. The van der Waals surface area contributed by atoms with Crippen LogP contribution in [-0.4, -0.2) is 24.0 Å². The Hall–Kier alpha value is -0.840. The van der Waals surface area contributed by atoms with Crippen molar-refractivity contribution >= 4 is 30.7 Å². The first-order valence-corrected chi connectivity index (χ1v) is 8.46. The van der Waals surface area contributed by atoms with Gasteiger partial charge in [0.15, 0.2) is 0 Å². The highest BCUT2D eigenvalue weighted by molar-refractivity contribution is 5.85. The van der Waals surface area contributed by atoms with Crippen LogP contribution >= 0.6 is 24.8 Å². The van der Waals surface area contributed by atoms with E-state index in [2.05, 4.69) is 42.5 Å². The number of nitrogens with zero attached hydrogens (tertiary/aromatic N) is 1. The largest absolute Gasteiger partial charge is 0.347 e. The summed E-state index contributed by atoms with van der Waals surface area (Å²) in [5, 5.41) is 6.68. The summed E-state index contributed by atoms with van der Waals surface area (Å²) < 4.78 is 0. The molecule has 6 heteroatoms. The zero-order chi connectivity index (χ0) is 15.7. The molecule has 0 aromatic carbocycles. The summed E-state index contributed by atoms with van der Waals surface area (Å²) in [4.78, 5) is 17.2. The normalized spacial score (nSPS) is 22.2. The minimum Gasteiger partial charge on any atom is -0.347 e. The molecule has 0 radical (unpaired) electrons. The van der Waals surface area contributed by atoms with E-state index < -0.39 is 0 Å². The van der Waals surface area contributed by atoms with Gasteiger partial charge in [0.05, 0.1) is 11.7 Å². The molecule has 1 spiro atoms. The second-order valence-electron chi connectivity index (χ2n) is 7.30. The van der Waals surface area contributed by atoms with Gasteiger partial charge in [-0.3, -0.25) is 9.78 Å². The van der Waals surface area contributed by atoms with Crippen molar-refractivity contribution in [1.29, 1.82) is 0 Å². The number of pyridine rings is 1. The minimum atomic E-state index is 0. The molecule has 4 nitrogen and oxygen atoms in total. The van der Waals surface area contributed by atoms with Crippen LogP contribution in [0, 0.1) is 24.2 Å². The molecule has 136 valence electrons. The highest BCUT2D eigenvalue weighted by Crippen LogP contribution is 2.58. The zero-order valence-corrected chi connectivity index (χ0v) is 16.3. The molecule has 1 aromatic rings. The average molecular weight is 374 g/mol. The fraction of sp³-hybridized carbons (Fsp3) is 0.667. The van der Waals surface area contributed by atoms with Crippen LogP contribution < -0.4 is 10.6 Å². The van der Waals surface area contributed by atoms with Crippen LogP contribution in [0.15, 0.2) is 18.3 Å². The predicted octanol–water partition coefficient (Wildman–Crippen LogP) is 3.44. The smallest absolute Gasteiger partial charge is 0.224 e. The molecule has 1 aliphatic heterocycles. The van der Waals surface area contributed by atoms with Crippen LogP contribution in [0.2, 0.25) is 0 Å². The number of piperidine rings is 1.